The Morgan fingerprint density at radius 1 is 0.505 bits per heavy atom. The number of aliphatic hydroxyl groups excluding tert-OH is 1. The van der Waals surface area contributed by atoms with Crippen LogP contribution in [0, 0.1) is 11.8 Å². The molecule has 1 aliphatic heterocycles. The normalized spacial score (nSPS) is 21.3. The minimum Gasteiger partial charge on any atom is -0.508 e. The topological polar surface area (TPSA) is 413 Å². The number of benzene rings is 3. The lowest BCUT2D eigenvalue weighted by Gasteiger charge is -2.27. The molecule has 0 fully saturated rings. The number of fused-ring (bicyclic) bond motifs is 6. The number of nitrogens with zero attached hydrogens (tertiary/aromatic N) is 3. The van der Waals surface area contributed by atoms with Gasteiger partial charge in [-0.2, -0.15) is 0 Å². The number of phenolic OH excluding ortho intramolecular Hbond substituents is 1. The first-order valence-corrected chi connectivity index (χ1v) is 31.7. The zero-order chi connectivity index (χ0) is 65.7. The molecule has 7 rings (SSSR count). The van der Waals surface area contributed by atoms with E-state index >= 15 is 0 Å². The lowest BCUT2D eigenvalue weighted by molar-refractivity contribution is -0.133. The van der Waals surface area contributed by atoms with E-state index in [9.17, 15) is 63.0 Å². The van der Waals surface area contributed by atoms with Crippen LogP contribution in [0.4, 0.5) is 0 Å². The van der Waals surface area contributed by atoms with Gasteiger partial charge in [0.2, 0.25) is 47.3 Å². The number of carbonyl (C=O) groups is 11. The number of primary amides is 1. The fourth-order valence-electron chi connectivity index (χ4n) is 9.34. The fourth-order valence-corrected chi connectivity index (χ4v) is 12.0. The molecule has 0 radical (unpaired) electrons. The lowest BCUT2D eigenvalue weighted by Crippen LogP contribution is -2.57. The Bertz CT molecular complexity index is 3550. The van der Waals surface area contributed by atoms with E-state index in [2.05, 4.69) is 63.1 Å². The van der Waals surface area contributed by atoms with Gasteiger partial charge in [-0.3, -0.25) is 52.7 Å². The maximum Gasteiger partial charge on any atom is 0.271 e. The van der Waals surface area contributed by atoms with Crippen LogP contribution < -0.4 is 58.9 Å². The van der Waals surface area contributed by atoms with Crippen LogP contribution in [0.5, 0.6) is 5.75 Å². The van der Waals surface area contributed by atoms with Gasteiger partial charge in [0, 0.05) is 35.4 Å². The molecule has 27 nitrogen and oxygen atoms in total. The number of rotatable bonds is 13. The molecule has 482 valence electrons. The Morgan fingerprint density at radius 2 is 0.945 bits per heavy atom. The van der Waals surface area contributed by atoms with Gasteiger partial charge >= 0.3 is 0 Å². The summed E-state index contributed by atoms with van der Waals surface area (Å²) in [6.07, 6.45) is 0.246. The van der Waals surface area contributed by atoms with Crippen molar-refractivity contribution in [3.63, 3.8) is 0 Å². The average molecular weight is 1310 g/mol. The van der Waals surface area contributed by atoms with Crippen molar-refractivity contribution < 1.29 is 63.0 Å². The average Bonchev–Trinajstić information content (AvgIpc) is 1.97. The van der Waals surface area contributed by atoms with E-state index in [1.54, 1.807) is 78.2 Å². The van der Waals surface area contributed by atoms with Gasteiger partial charge in [0.1, 0.15) is 62.0 Å². The molecule has 11 amide bonds. The van der Waals surface area contributed by atoms with Crippen molar-refractivity contribution in [1.82, 2.24) is 68.1 Å². The van der Waals surface area contributed by atoms with Crippen molar-refractivity contribution in [3.8, 4) is 5.75 Å². The number of nitrogens with one attached hydrogen (secondary N) is 10. The third-order valence-electron chi connectivity index (χ3n) is 14.3. The standard InChI is InChI=1S/C61H72N14O13S3/c1-5-33(4)51-61-74-46(31-91-61)58(88)70-41(20-32(2)3)59-73-45(30-90-59)57(87)69-39(23-36-16-18-37(77)19-17-36)55(85)71-42(24-47(62)78)60-72-44(29-89-60)53(83)64-25-48(79)63-26-49(80)67-43(28-76)52(82)65-27-50(81)66-38(21-34-12-8-6-9-13-34)54(84)68-40(56(86)75-51)22-35-14-10-7-11-15-35/h6-19,29-33,38-43,51,76-77H,5,20-28H2,1-4H3,(H2,62,78)(H,63,79)(H,64,83)(H,65,82)(H,66,81)(H,67,80)(H,68,84)(H,69,87)(H,70,88)(H,71,85)(H,75,86)/t33-,38-,39-,40-,41-,42+,43+,51-/m0/s1. The Labute approximate surface area is 535 Å². The third-order valence-corrected chi connectivity index (χ3v) is 17.2. The molecule has 6 aromatic rings. The highest BCUT2D eigenvalue weighted by molar-refractivity contribution is 7.10. The summed E-state index contributed by atoms with van der Waals surface area (Å²) in [6.45, 7) is 4.63. The van der Waals surface area contributed by atoms with E-state index in [4.69, 9.17) is 10.7 Å². The molecular formula is C61H72N14O13S3. The van der Waals surface area contributed by atoms with Crippen molar-refractivity contribution in [2.45, 2.75) is 109 Å². The molecule has 0 unspecified atom stereocenters. The SMILES string of the molecule is CC[C@H](C)[C@@H]1NC(=O)[C@H](Cc2ccccc2)NC(=O)[C@H](Cc2ccccc2)NC(=O)CNC(=O)[C@@H](CO)NC(=O)CNC(=O)CNC(=O)c2csc(n2)[C@@H](CC(N)=O)NC(=O)[C@H](Cc2ccc(O)cc2)NC(=O)c2csc(n2)[C@H](CC(C)C)NC(=O)c2csc1n2. The molecule has 14 N–H and O–H groups in total. The molecule has 0 saturated carbocycles. The second-order valence-corrected chi connectivity index (χ2v) is 24.6. The molecule has 0 aliphatic carbocycles. The first-order valence-electron chi connectivity index (χ1n) is 29.1. The van der Waals surface area contributed by atoms with E-state index in [0.29, 0.717) is 39.5 Å². The highest BCUT2D eigenvalue weighted by Crippen LogP contribution is 2.30. The van der Waals surface area contributed by atoms with Crippen molar-refractivity contribution in [2.24, 2.45) is 17.6 Å². The number of amides is 11. The largest absolute Gasteiger partial charge is 0.508 e. The zero-order valence-electron chi connectivity index (χ0n) is 50.1. The molecular weight excluding hydrogens is 1230 g/mol. The minimum absolute atomic E-state index is 0.000972. The summed E-state index contributed by atoms with van der Waals surface area (Å²) in [7, 11) is 0. The number of nitrogens with two attached hydrogens (primary N) is 1. The molecule has 30 heteroatoms. The number of carbonyl (C=O) groups excluding carboxylic acids is 11. The predicted molar refractivity (Wildman–Crippen MR) is 336 cm³/mol. The molecule has 0 saturated heterocycles. The molecule has 8 atom stereocenters. The van der Waals surface area contributed by atoms with Gasteiger partial charge in [-0.15, -0.1) is 34.0 Å². The van der Waals surface area contributed by atoms with E-state index in [1.807, 2.05) is 27.7 Å². The van der Waals surface area contributed by atoms with Gasteiger partial charge in [-0.25, -0.2) is 15.0 Å². The molecule has 3 aromatic carbocycles. The quantitative estimate of drug-likeness (QED) is 0.0778. The predicted octanol–water partition coefficient (Wildman–Crippen LogP) is 1.46. The van der Waals surface area contributed by atoms with Crippen LogP contribution in [0.1, 0.15) is 128 Å². The number of phenols is 1. The summed E-state index contributed by atoms with van der Waals surface area (Å²) in [5.74, 6) is -9.22. The van der Waals surface area contributed by atoms with E-state index in [0.717, 1.165) is 34.0 Å². The van der Waals surface area contributed by atoms with Crippen molar-refractivity contribution in [2.75, 3.05) is 26.2 Å². The van der Waals surface area contributed by atoms with Crippen LogP contribution in [0.3, 0.4) is 0 Å². The van der Waals surface area contributed by atoms with Gasteiger partial charge in [-0.1, -0.05) is 107 Å². The van der Waals surface area contributed by atoms with Gasteiger partial charge in [-0.05, 0) is 47.1 Å². The number of aromatic hydroxyl groups is 1. The van der Waals surface area contributed by atoms with Crippen LogP contribution >= 0.6 is 34.0 Å². The molecule has 6 bridgehead atoms. The summed E-state index contributed by atoms with van der Waals surface area (Å²) in [5.41, 5.74) is 7.15. The lowest BCUT2D eigenvalue weighted by atomic mass is 9.98. The molecule has 4 heterocycles. The number of hydrogen-bond donors (Lipinski definition) is 13. The Hall–Kier alpha value is -9.52. The summed E-state index contributed by atoms with van der Waals surface area (Å²) < 4.78 is 0. The third kappa shape index (κ3) is 20.8. The maximum atomic E-state index is 14.7. The summed E-state index contributed by atoms with van der Waals surface area (Å²) in [6, 6.07) is 15.2. The molecule has 0 spiro atoms. The first kappa shape index (κ1) is 69.0. The van der Waals surface area contributed by atoms with E-state index in [-0.39, 0.29) is 58.9 Å². The summed E-state index contributed by atoms with van der Waals surface area (Å²) in [4.78, 5) is 164. The Balaban J connectivity index is 1.19. The second-order valence-electron chi connectivity index (χ2n) is 21.9. The van der Waals surface area contributed by atoms with Crippen LogP contribution in [-0.4, -0.2) is 141 Å². The number of aromatic nitrogens is 3. The van der Waals surface area contributed by atoms with Crippen LogP contribution in [0.15, 0.2) is 101 Å². The minimum atomic E-state index is -1.62. The van der Waals surface area contributed by atoms with E-state index < -0.39 is 140 Å². The maximum absolute atomic E-state index is 14.7. The van der Waals surface area contributed by atoms with Crippen LogP contribution in [0.2, 0.25) is 0 Å². The number of aliphatic hydroxyl groups is 1. The second kappa shape index (κ2) is 33.3. The number of thiazole rings is 3. The van der Waals surface area contributed by atoms with Gasteiger partial charge in [0.25, 0.3) is 17.7 Å². The Morgan fingerprint density at radius 3 is 1.48 bits per heavy atom. The highest BCUT2D eigenvalue weighted by Gasteiger charge is 2.34. The Kier molecular flexibility index (Phi) is 25.3. The summed E-state index contributed by atoms with van der Waals surface area (Å²) in [5, 5.41) is 51.4. The van der Waals surface area contributed by atoms with E-state index in [1.165, 1.54) is 22.9 Å². The number of hydrogen-bond acceptors (Lipinski definition) is 19. The smallest absolute Gasteiger partial charge is 0.271 e. The molecule has 1 aliphatic rings. The highest BCUT2D eigenvalue weighted by atomic mass is 32.1. The van der Waals surface area contributed by atoms with Crippen molar-refractivity contribution in [3.05, 3.63) is 150 Å². The van der Waals surface area contributed by atoms with Crippen LogP contribution in [0.25, 0.3) is 0 Å². The summed E-state index contributed by atoms with van der Waals surface area (Å²) >= 11 is 3.11. The molecule has 91 heavy (non-hydrogen) atoms. The molecule has 3 aromatic heterocycles. The van der Waals surface area contributed by atoms with Crippen molar-refractivity contribution >= 4 is 99.0 Å². The van der Waals surface area contributed by atoms with Gasteiger partial charge < -0.3 is 69.1 Å². The van der Waals surface area contributed by atoms with Crippen molar-refractivity contribution in [1.29, 1.82) is 0 Å². The van der Waals surface area contributed by atoms with Crippen LogP contribution in [-0.2, 0) is 57.6 Å². The van der Waals surface area contributed by atoms with Gasteiger partial charge in [0.05, 0.1) is 50.8 Å². The monoisotopic (exact) mass is 1300 g/mol. The first-order chi connectivity index (χ1) is 43.5. The zero-order valence-corrected chi connectivity index (χ0v) is 52.6. The fraction of sp³-hybridized carbons (Fsp3) is 0.377. The van der Waals surface area contributed by atoms with Gasteiger partial charge in [0.15, 0.2) is 0 Å².